The monoisotopic (exact) mass is 245 g/mol. The second kappa shape index (κ2) is 4.89. The number of H-pyrrole nitrogens is 1. The summed E-state index contributed by atoms with van der Waals surface area (Å²) in [5.74, 6) is 0.773. The molecule has 16 heavy (non-hydrogen) atoms. The first-order chi connectivity index (χ1) is 7.66. The molecule has 0 atom stereocenters. The van der Waals surface area contributed by atoms with Gasteiger partial charge in [0.15, 0.2) is 0 Å². The maximum Gasteiger partial charge on any atom is 0.277 e. The molecule has 0 saturated heterocycles. The molecule has 0 amide bonds. The lowest BCUT2D eigenvalue weighted by molar-refractivity contribution is 0.563. The molecule has 0 unspecified atom stereocenters. The van der Waals surface area contributed by atoms with Gasteiger partial charge in [-0.05, 0) is 19.3 Å². The third kappa shape index (κ3) is 3.87. The summed E-state index contributed by atoms with van der Waals surface area (Å²) in [5.41, 5.74) is 0. The number of aromatic nitrogens is 3. The van der Waals surface area contributed by atoms with Gasteiger partial charge in [0.25, 0.3) is 10.2 Å². The summed E-state index contributed by atoms with van der Waals surface area (Å²) >= 11 is 0. The number of aryl methyl sites for hydroxylation is 1. The van der Waals surface area contributed by atoms with E-state index in [1.807, 2.05) is 0 Å². The Morgan fingerprint density at radius 1 is 1.50 bits per heavy atom. The van der Waals surface area contributed by atoms with Gasteiger partial charge in [-0.15, -0.1) is 0 Å². The molecule has 0 aliphatic heterocycles. The Balaban J connectivity index is 1.63. The molecule has 0 bridgehead atoms. The lowest BCUT2D eigenvalue weighted by Crippen LogP contribution is -2.38. The van der Waals surface area contributed by atoms with Crippen LogP contribution < -0.4 is 9.44 Å². The molecule has 1 aromatic rings. The molecule has 7 nitrogen and oxygen atoms in total. The highest BCUT2D eigenvalue weighted by atomic mass is 32.2. The Bertz CT molecular complexity index is 412. The topological polar surface area (TPSA) is 99.8 Å². The van der Waals surface area contributed by atoms with Crippen LogP contribution in [0.1, 0.15) is 25.1 Å². The van der Waals surface area contributed by atoms with Crippen LogP contribution in [-0.4, -0.2) is 36.2 Å². The molecule has 0 aromatic carbocycles. The molecule has 1 heterocycles. The molecule has 0 spiro atoms. The van der Waals surface area contributed by atoms with Gasteiger partial charge in [0.05, 0.1) is 0 Å². The number of hydrogen-bond acceptors (Lipinski definition) is 4. The van der Waals surface area contributed by atoms with Gasteiger partial charge in [0.2, 0.25) is 0 Å². The molecule has 2 rings (SSSR count). The van der Waals surface area contributed by atoms with Gasteiger partial charge in [-0.2, -0.15) is 18.2 Å². The summed E-state index contributed by atoms with van der Waals surface area (Å²) in [6.07, 6.45) is 4.71. The average molecular weight is 245 g/mol. The highest BCUT2D eigenvalue weighted by molar-refractivity contribution is 7.87. The standard InChI is InChI=1S/C8H15N5O2S/c14-16(15,13-7-3-4-7)11-5-1-2-8-9-6-10-12-8/h6-7,11,13H,1-5H2,(H,9,10,12). The van der Waals surface area contributed by atoms with E-state index in [0.29, 0.717) is 19.4 Å². The van der Waals surface area contributed by atoms with Crippen molar-refractivity contribution in [2.24, 2.45) is 0 Å². The van der Waals surface area contributed by atoms with Crippen LogP contribution in [0.15, 0.2) is 6.33 Å². The van der Waals surface area contributed by atoms with Crippen LogP contribution in [0, 0.1) is 0 Å². The van der Waals surface area contributed by atoms with E-state index >= 15 is 0 Å². The molecule has 1 saturated carbocycles. The molecule has 3 N–H and O–H groups in total. The number of hydrogen-bond donors (Lipinski definition) is 3. The molecule has 1 aromatic heterocycles. The van der Waals surface area contributed by atoms with Crippen LogP contribution >= 0.6 is 0 Å². The predicted molar refractivity (Wildman–Crippen MR) is 57.8 cm³/mol. The van der Waals surface area contributed by atoms with Crippen molar-refractivity contribution in [1.29, 1.82) is 0 Å². The van der Waals surface area contributed by atoms with E-state index in [2.05, 4.69) is 24.6 Å². The second-order valence-electron chi connectivity index (χ2n) is 3.83. The maximum absolute atomic E-state index is 11.4. The van der Waals surface area contributed by atoms with Crippen molar-refractivity contribution in [1.82, 2.24) is 24.6 Å². The highest BCUT2D eigenvalue weighted by Gasteiger charge is 2.26. The first-order valence-corrected chi connectivity index (χ1v) is 6.75. The second-order valence-corrected chi connectivity index (χ2v) is 5.36. The van der Waals surface area contributed by atoms with Gasteiger partial charge >= 0.3 is 0 Å². The molecule has 1 fully saturated rings. The zero-order chi connectivity index (χ0) is 11.4. The molecular formula is C8H15N5O2S. The van der Waals surface area contributed by atoms with Gasteiger partial charge in [-0.25, -0.2) is 9.71 Å². The largest absolute Gasteiger partial charge is 0.277 e. The fourth-order valence-electron chi connectivity index (χ4n) is 1.28. The van der Waals surface area contributed by atoms with Crippen molar-refractivity contribution < 1.29 is 8.42 Å². The fraction of sp³-hybridized carbons (Fsp3) is 0.750. The maximum atomic E-state index is 11.4. The van der Waals surface area contributed by atoms with E-state index in [-0.39, 0.29) is 6.04 Å². The Morgan fingerprint density at radius 2 is 2.31 bits per heavy atom. The van der Waals surface area contributed by atoms with Crippen molar-refractivity contribution in [3.63, 3.8) is 0 Å². The van der Waals surface area contributed by atoms with Crippen LogP contribution in [0.3, 0.4) is 0 Å². The molecule has 0 radical (unpaired) electrons. The van der Waals surface area contributed by atoms with Crippen LogP contribution in [0.5, 0.6) is 0 Å². The number of aromatic amines is 1. The van der Waals surface area contributed by atoms with Crippen LogP contribution in [-0.2, 0) is 16.6 Å². The van der Waals surface area contributed by atoms with Gasteiger partial charge < -0.3 is 0 Å². The van der Waals surface area contributed by atoms with Gasteiger partial charge in [-0.1, -0.05) is 0 Å². The first-order valence-electron chi connectivity index (χ1n) is 5.27. The fourth-order valence-corrected chi connectivity index (χ4v) is 2.45. The van der Waals surface area contributed by atoms with Crippen molar-refractivity contribution in [3.8, 4) is 0 Å². The summed E-state index contributed by atoms with van der Waals surface area (Å²) in [4.78, 5) is 3.95. The Hall–Kier alpha value is -0.990. The Morgan fingerprint density at radius 3 is 2.94 bits per heavy atom. The summed E-state index contributed by atoms with van der Waals surface area (Å²) in [6, 6.07) is 0.145. The minimum absolute atomic E-state index is 0.145. The Labute approximate surface area is 94.2 Å². The number of rotatable bonds is 7. The quantitative estimate of drug-likeness (QED) is 0.554. The van der Waals surface area contributed by atoms with Crippen molar-refractivity contribution >= 4 is 10.2 Å². The summed E-state index contributed by atoms with van der Waals surface area (Å²) in [5, 5.41) is 6.43. The zero-order valence-electron chi connectivity index (χ0n) is 8.81. The van der Waals surface area contributed by atoms with Gasteiger partial charge in [-0.3, -0.25) is 5.10 Å². The minimum atomic E-state index is -3.31. The number of nitrogens with zero attached hydrogens (tertiary/aromatic N) is 2. The molecule has 1 aliphatic carbocycles. The van der Waals surface area contributed by atoms with Crippen molar-refractivity contribution in [2.75, 3.05) is 6.54 Å². The minimum Gasteiger partial charge on any atom is -0.263 e. The van der Waals surface area contributed by atoms with Crippen molar-refractivity contribution in [2.45, 2.75) is 31.7 Å². The molecule has 8 heteroatoms. The average Bonchev–Trinajstić information content (AvgIpc) is 2.86. The van der Waals surface area contributed by atoms with E-state index in [9.17, 15) is 8.42 Å². The Kier molecular flexibility index (Phi) is 3.52. The van der Waals surface area contributed by atoms with E-state index in [0.717, 1.165) is 18.7 Å². The lowest BCUT2D eigenvalue weighted by atomic mass is 10.3. The van der Waals surface area contributed by atoms with E-state index in [4.69, 9.17) is 0 Å². The third-order valence-electron chi connectivity index (χ3n) is 2.25. The number of nitrogens with one attached hydrogen (secondary N) is 3. The van der Waals surface area contributed by atoms with Gasteiger partial charge in [0, 0.05) is 19.0 Å². The van der Waals surface area contributed by atoms with Gasteiger partial charge in [0.1, 0.15) is 12.2 Å². The zero-order valence-corrected chi connectivity index (χ0v) is 9.63. The van der Waals surface area contributed by atoms with E-state index in [1.54, 1.807) is 0 Å². The summed E-state index contributed by atoms with van der Waals surface area (Å²) in [7, 11) is -3.31. The van der Waals surface area contributed by atoms with E-state index < -0.39 is 10.2 Å². The van der Waals surface area contributed by atoms with Crippen LogP contribution in [0.4, 0.5) is 0 Å². The SMILES string of the molecule is O=S(=O)(NCCCc1ncn[nH]1)NC1CC1. The molecular weight excluding hydrogens is 230 g/mol. The summed E-state index contributed by atoms with van der Waals surface area (Å²) in [6.45, 7) is 0.406. The smallest absolute Gasteiger partial charge is 0.263 e. The first kappa shape index (κ1) is 11.5. The highest BCUT2D eigenvalue weighted by Crippen LogP contribution is 2.19. The van der Waals surface area contributed by atoms with Crippen LogP contribution in [0.25, 0.3) is 0 Å². The third-order valence-corrected chi connectivity index (χ3v) is 3.47. The molecule has 90 valence electrons. The normalized spacial score (nSPS) is 16.5. The van der Waals surface area contributed by atoms with E-state index in [1.165, 1.54) is 6.33 Å². The predicted octanol–water partition coefficient (Wildman–Crippen LogP) is -0.676. The lowest BCUT2D eigenvalue weighted by Gasteiger charge is -2.06. The van der Waals surface area contributed by atoms with Crippen molar-refractivity contribution in [3.05, 3.63) is 12.2 Å². The molecule has 1 aliphatic rings. The van der Waals surface area contributed by atoms with Crippen LogP contribution in [0.2, 0.25) is 0 Å². The summed E-state index contributed by atoms with van der Waals surface area (Å²) < 4.78 is 27.8.